The van der Waals surface area contributed by atoms with Crippen LogP contribution in [-0.4, -0.2) is 11.0 Å². The van der Waals surface area contributed by atoms with Gasteiger partial charge in [0.25, 0.3) is 0 Å². The molecule has 1 aromatic heterocycles. The number of carbonyl (C=O) groups excluding carboxylic acids is 1. The summed E-state index contributed by atoms with van der Waals surface area (Å²) in [5.41, 5.74) is 0.145. The number of pyridine rings is 1. The van der Waals surface area contributed by atoms with Crippen molar-refractivity contribution in [2.45, 2.75) is 0 Å². The van der Waals surface area contributed by atoms with Crippen LogP contribution in [0.1, 0.15) is 10.5 Å². The molecule has 2 aromatic carbocycles. The lowest BCUT2D eigenvalue weighted by atomic mass is 10.1. The van der Waals surface area contributed by atoms with Gasteiger partial charge in [-0.15, -0.1) is 0 Å². The number of nitrogens with zero attached hydrogens (tertiary/aromatic N) is 1. The van der Waals surface area contributed by atoms with Crippen molar-refractivity contribution in [1.82, 2.24) is 4.98 Å². The Balaban J connectivity index is 1.91. The van der Waals surface area contributed by atoms with Gasteiger partial charge in [0.15, 0.2) is 11.6 Å². The zero-order valence-corrected chi connectivity index (χ0v) is 10.4. The van der Waals surface area contributed by atoms with Gasteiger partial charge >= 0.3 is 5.97 Å². The highest BCUT2D eigenvalue weighted by Crippen LogP contribution is 2.18. The maximum Gasteiger partial charge on any atom is 0.362 e. The van der Waals surface area contributed by atoms with E-state index < -0.39 is 11.8 Å². The molecular formula is C16H10FNO2. The first-order valence-corrected chi connectivity index (χ1v) is 6.05. The molecule has 0 saturated carbocycles. The molecule has 3 aromatic rings. The average Bonchev–Trinajstić information content (AvgIpc) is 2.49. The Hall–Kier alpha value is -2.75. The monoisotopic (exact) mass is 267 g/mol. The van der Waals surface area contributed by atoms with E-state index in [-0.39, 0.29) is 11.4 Å². The van der Waals surface area contributed by atoms with Crippen LogP contribution in [0.25, 0.3) is 10.8 Å². The van der Waals surface area contributed by atoms with Crippen molar-refractivity contribution in [1.29, 1.82) is 0 Å². The molecule has 0 fully saturated rings. The van der Waals surface area contributed by atoms with Crippen LogP contribution in [0.2, 0.25) is 0 Å². The van der Waals surface area contributed by atoms with Crippen molar-refractivity contribution in [3.8, 4) is 5.75 Å². The molecule has 98 valence electrons. The van der Waals surface area contributed by atoms with Gasteiger partial charge in [-0.2, -0.15) is 0 Å². The molecule has 1 heterocycles. The van der Waals surface area contributed by atoms with E-state index in [2.05, 4.69) is 4.98 Å². The minimum atomic E-state index is -0.680. The highest BCUT2D eigenvalue weighted by Gasteiger charge is 2.13. The normalized spacial score (nSPS) is 10.4. The molecule has 3 nitrogen and oxygen atoms in total. The molecule has 0 saturated heterocycles. The summed E-state index contributed by atoms with van der Waals surface area (Å²) >= 11 is 0. The van der Waals surface area contributed by atoms with Crippen LogP contribution in [0.3, 0.4) is 0 Å². The van der Waals surface area contributed by atoms with Gasteiger partial charge < -0.3 is 4.74 Å². The van der Waals surface area contributed by atoms with Crippen LogP contribution in [0, 0.1) is 5.82 Å². The van der Waals surface area contributed by atoms with Gasteiger partial charge in [0.05, 0.1) is 0 Å². The Morgan fingerprint density at radius 3 is 2.50 bits per heavy atom. The lowest BCUT2D eigenvalue weighted by Crippen LogP contribution is -2.11. The van der Waals surface area contributed by atoms with E-state index in [0.717, 1.165) is 10.8 Å². The minimum Gasteiger partial charge on any atom is -0.419 e. The molecule has 0 N–H and O–H groups in total. The molecule has 0 aliphatic carbocycles. The Kier molecular flexibility index (Phi) is 3.13. The average molecular weight is 267 g/mol. The lowest BCUT2D eigenvalue weighted by molar-refractivity contribution is 0.0722. The van der Waals surface area contributed by atoms with Gasteiger partial charge in [0.1, 0.15) is 5.69 Å². The lowest BCUT2D eigenvalue weighted by Gasteiger charge is -2.05. The van der Waals surface area contributed by atoms with Crippen molar-refractivity contribution in [3.63, 3.8) is 0 Å². The van der Waals surface area contributed by atoms with Crippen molar-refractivity contribution in [2.24, 2.45) is 0 Å². The van der Waals surface area contributed by atoms with E-state index in [1.165, 1.54) is 18.2 Å². The summed E-state index contributed by atoms with van der Waals surface area (Å²) in [5, 5.41) is 1.80. The molecule has 0 bridgehead atoms. The number of rotatable bonds is 2. The van der Waals surface area contributed by atoms with Crippen LogP contribution < -0.4 is 4.74 Å². The summed E-state index contributed by atoms with van der Waals surface area (Å²) in [5.74, 6) is -1.37. The minimum absolute atomic E-state index is 0.104. The molecule has 4 heteroatoms. The predicted molar refractivity (Wildman–Crippen MR) is 73.1 cm³/mol. The van der Waals surface area contributed by atoms with Gasteiger partial charge in [-0.3, -0.25) is 0 Å². The van der Waals surface area contributed by atoms with Gasteiger partial charge in [0, 0.05) is 11.6 Å². The maximum absolute atomic E-state index is 13.4. The molecule has 0 atom stereocenters. The van der Waals surface area contributed by atoms with Crippen LogP contribution in [0.15, 0.2) is 60.8 Å². The number of fused-ring (bicyclic) bond motifs is 1. The van der Waals surface area contributed by atoms with E-state index >= 15 is 0 Å². The topological polar surface area (TPSA) is 39.2 Å². The Morgan fingerprint density at radius 1 is 1.00 bits per heavy atom. The SMILES string of the molecule is O=C(Oc1ccccc1F)c1cc2ccccc2cn1. The standard InChI is InChI=1S/C16H10FNO2/c17-13-7-3-4-8-15(13)20-16(19)14-9-11-5-1-2-6-12(11)10-18-14/h1-10H. The van der Waals surface area contributed by atoms with Gasteiger partial charge in [-0.1, -0.05) is 36.4 Å². The number of aromatic nitrogens is 1. The highest BCUT2D eigenvalue weighted by molar-refractivity contribution is 5.94. The Labute approximate surface area is 114 Å². The predicted octanol–water partition coefficient (Wildman–Crippen LogP) is 3.59. The van der Waals surface area contributed by atoms with E-state index in [0.29, 0.717) is 0 Å². The second kappa shape index (κ2) is 5.09. The number of hydrogen-bond donors (Lipinski definition) is 0. The molecule has 0 aliphatic heterocycles. The third-order valence-corrected chi connectivity index (χ3v) is 2.88. The Bertz CT molecular complexity index is 786. The van der Waals surface area contributed by atoms with Crippen molar-refractivity contribution >= 4 is 16.7 Å². The zero-order valence-electron chi connectivity index (χ0n) is 10.4. The summed E-state index contributed by atoms with van der Waals surface area (Å²) in [4.78, 5) is 16.0. The van der Waals surface area contributed by atoms with Gasteiger partial charge in [-0.25, -0.2) is 14.2 Å². The van der Waals surface area contributed by atoms with Crippen molar-refractivity contribution in [3.05, 3.63) is 72.3 Å². The quantitative estimate of drug-likeness (QED) is 0.526. The molecular weight excluding hydrogens is 257 g/mol. The van der Waals surface area contributed by atoms with Crippen LogP contribution in [-0.2, 0) is 0 Å². The van der Waals surface area contributed by atoms with E-state index in [1.54, 1.807) is 18.3 Å². The second-order valence-corrected chi connectivity index (χ2v) is 4.24. The van der Waals surface area contributed by atoms with Crippen LogP contribution in [0.4, 0.5) is 4.39 Å². The molecule has 0 unspecified atom stereocenters. The number of carbonyl (C=O) groups is 1. The first-order valence-electron chi connectivity index (χ1n) is 6.05. The maximum atomic E-state index is 13.4. The van der Waals surface area contributed by atoms with Crippen LogP contribution in [0.5, 0.6) is 5.75 Å². The third kappa shape index (κ3) is 2.36. The van der Waals surface area contributed by atoms with E-state index in [1.807, 2.05) is 24.3 Å². The fourth-order valence-electron chi connectivity index (χ4n) is 1.87. The summed E-state index contributed by atoms with van der Waals surface area (Å²) in [7, 11) is 0. The summed E-state index contributed by atoms with van der Waals surface area (Å²) in [6.07, 6.45) is 1.59. The van der Waals surface area contributed by atoms with E-state index in [9.17, 15) is 9.18 Å². The largest absolute Gasteiger partial charge is 0.419 e. The second-order valence-electron chi connectivity index (χ2n) is 4.24. The number of benzene rings is 2. The molecule has 0 aliphatic rings. The van der Waals surface area contributed by atoms with Gasteiger partial charge in [-0.05, 0) is 23.6 Å². The highest BCUT2D eigenvalue weighted by atomic mass is 19.1. The van der Waals surface area contributed by atoms with Crippen molar-refractivity contribution in [2.75, 3.05) is 0 Å². The molecule has 0 amide bonds. The number of ether oxygens (including phenoxy) is 1. The number of esters is 1. The van der Waals surface area contributed by atoms with Crippen molar-refractivity contribution < 1.29 is 13.9 Å². The molecule has 20 heavy (non-hydrogen) atoms. The van der Waals surface area contributed by atoms with Gasteiger partial charge in [0.2, 0.25) is 0 Å². The third-order valence-electron chi connectivity index (χ3n) is 2.88. The van der Waals surface area contributed by atoms with Crippen LogP contribution >= 0.6 is 0 Å². The molecule has 3 rings (SSSR count). The fraction of sp³-hybridized carbons (Fsp3) is 0. The van der Waals surface area contributed by atoms with E-state index in [4.69, 9.17) is 4.74 Å². The molecule has 0 spiro atoms. The summed E-state index contributed by atoms with van der Waals surface area (Å²) in [6, 6.07) is 14.9. The zero-order chi connectivity index (χ0) is 13.9. The first kappa shape index (κ1) is 12.3. The Morgan fingerprint density at radius 2 is 1.70 bits per heavy atom. The molecule has 0 radical (unpaired) electrons. The smallest absolute Gasteiger partial charge is 0.362 e. The number of halogens is 1. The fourth-order valence-corrected chi connectivity index (χ4v) is 1.87. The number of para-hydroxylation sites is 1. The summed E-state index contributed by atoms with van der Waals surface area (Å²) in [6.45, 7) is 0. The first-order chi connectivity index (χ1) is 9.74. The number of hydrogen-bond acceptors (Lipinski definition) is 3. The summed E-state index contributed by atoms with van der Waals surface area (Å²) < 4.78 is 18.4.